The third kappa shape index (κ3) is 5.57. The van der Waals surface area contributed by atoms with Crippen LogP contribution in [0, 0.1) is 6.92 Å². The fourth-order valence-electron chi connectivity index (χ4n) is 2.72. The molecule has 12 heteroatoms. The second-order valence-electron chi connectivity index (χ2n) is 6.46. The van der Waals surface area contributed by atoms with Crippen LogP contribution in [0.4, 0.5) is 0 Å². The van der Waals surface area contributed by atoms with Gasteiger partial charge in [-0.05, 0) is 19.1 Å². The first kappa shape index (κ1) is 25.2. The van der Waals surface area contributed by atoms with Gasteiger partial charge in [-0.25, -0.2) is 9.59 Å². The Labute approximate surface area is 183 Å². The lowest BCUT2D eigenvalue weighted by molar-refractivity contribution is -0.145. The molecule has 1 atom stereocenters. The van der Waals surface area contributed by atoms with E-state index in [0.29, 0.717) is 4.57 Å². The van der Waals surface area contributed by atoms with Gasteiger partial charge in [0, 0.05) is 38.1 Å². The van der Waals surface area contributed by atoms with Crippen LogP contribution in [0.1, 0.15) is 15.9 Å². The third-order valence-corrected chi connectivity index (χ3v) is 6.34. The van der Waals surface area contributed by atoms with Crippen molar-refractivity contribution in [1.82, 2.24) is 9.13 Å². The summed E-state index contributed by atoms with van der Waals surface area (Å²) >= 11 is 0. The van der Waals surface area contributed by atoms with E-state index >= 15 is 0 Å². The Bertz CT molecular complexity index is 1160. The van der Waals surface area contributed by atoms with Crippen molar-refractivity contribution >= 4 is 19.5 Å². The predicted octanol–water partition coefficient (Wildman–Crippen LogP) is 1.48. The zero-order valence-electron chi connectivity index (χ0n) is 17.7. The summed E-state index contributed by atoms with van der Waals surface area (Å²) in [5, 5.41) is 9.18. The van der Waals surface area contributed by atoms with Crippen molar-refractivity contribution in [1.29, 1.82) is 0 Å². The van der Waals surface area contributed by atoms with E-state index < -0.39 is 36.6 Å². The number of aryl methyl sites for hydroxylation is 1. The van der Waals surface area contributed by atoms with Gasteiger partial charge in [-0.2, -0.15) is 4.57 Å². The normalized spacial score (nSPS) is 12.7. The van der Waals surface area contributed by atoms with E-state index in [1.54, 1.807) is 18.2 Å². The van der Waals surface area contributed by atoms with Gasteiger partial charge in [0.05, 0.1) is 6.61 Å². The molecule has 2 rings (SSSR count). The molecule has 32 heavy (non-hydrogen) atoms. The van der Waals surface area contributed by atoms with Gasteiger partial charge in [-0.3, -0.25) is 18.7 Å². The van der Waals surface area contributed by atoms with Gasteiger partial charge in [0.2, 0.25) is 0 Å². The van der Waals surface area contributed by atoms with Crippen molar-refractivity contribution in [3.8, 4) is 0 Å². The third-order valence-electron chi connectivity index (χ3n) is 4.38. The lowest BCUT2D eigenvalue weighted by atomic mass is 10.2. The van der Waals surface area contributed by atoms with Gasteiger partial charge in [-0.15, -0.1) is 0 Å². The largest absolute Gasteiger partial charge is 0.479 e. The second kappa shape index (κ2) is 11.0. The molecule has 0 aliphatic carbocycles. The minimum absolute atomic E-state index is 0.0324. The second-order valence-corrected chi connectivity index (χ2v) is 8.74. The molecule has 0 saturated carbocycles. The molecule has 0 amide bonds. The van der Waals surface area contributed by atoms with Gasteiger partial charge >= 0.3 is 19.3 Å². The monoisotopic (exact) mass is 466 g/mol. The number of carboxylic acids is 1. The van der Waals surface area contributed by atoms with Crippen molar-refractivity contribution in [2.75, 3.05) is 20.8 Å². The Balaban J connectivity index is 2.19. The first-order valence-corrected chi connectivity index (χ1v) is 10.9. The Morgan fingerprint density at radius 2 is 1.75 bits per heavy atom. The first-order valence-electron chi connectivity index (χ1n) is 9.29. The van der Waals surface area contributed by atoms with Crippen LogP contribution in [-0.2, 0) is 29.7 Å². The topological polar surface area (TPSA) is 143 Å². The van der Waals surface area contributed by atoms with Crippen molar-refractivity contribution < 1.29 is 33.0 Å². The highest BCUT2D eigenvalue weighted by Crippen LogP contribution is 2.52. The molecule has 1 N–H and O–H groups in total. The summed E-state index contributed by atoms with van der Waals surface area (Å²) in [6, 6.07) is 7.93. The molecule has 0 saturated heterocycles. The number of benzene rings is 1. The highest BCUT2D eigenvalue weighted by molar-refractivity contribution is 7.55. The molecule has 1 aromatic carbocycles. The van der Waals surface area contributed by atoms with Crippen LogP contribution in [0.2, 0.25) is 0 Å². The standard InChI is InChI=1S/C20H23N2O9P/c1-14-13-21(11-7-8-12-31-19(18(25)26)32(28,29-2)30-3)20(27)22(16(14)23)17(24)15-9-5-4-6-10-15/h4-10,13,19H,11-12H2,1-3H3,(H,25,26). The molecule has 0 spiro atoms. The molecule has 0 radical (unpaired) electrons. The molecule has 1 unspecified atom stereocenters. The summed E-state index contributed by atoms with van der Waals surface area (Å²) in [5.74, 6) is -4.11. The molecule has 0 fully saturated rings. The maximum absolute atomic E-state index is 12.7. The average molecular weight is 466 g/mol. The van der Waals surface area contributed by atoms with Gasteiger partial charge in [0.15, 0.2) is 0 Å². The maximum atomic E-state index is 12.7. The van der Waals surface area contributed by atoms with Crippen LogP contribution < -0.4 is 11.2 Å². The van der Waals surface area contributed by atoms with Crippen LogP contribution >= 0.6 is 7.60 Å². The van der Waals surface area contributed by atoms with Crippen LogP contribution in [0.25, 0.3) is 0 Å². The van der Waals surface area contributed by atoms with Crippen molar-refractivity contribution in [2.45, 2.75) is 19.3 Å². The number of carbonyl (C=O) groups excluding carboxylic acids is 1. The van der Waals surface area contributed by atoms with Gasteiger partial charge in [-0.1, -0.05) is 30.4 Å². The number of carboxylic acid groups (broad SMARTS) is 1. The van der Waals surface area contributed by atoms with Gasteiger partial charge in [0.25, 0.3) is 17.3 Å². The maximum Gasteiger partial charge on any atom is 0.370 e. The molecule has 2 aromatic rings. The van der Waals surface area contributed by atoms with Gasteiger partial charge in [0.1, 0.15) is 0 Å². The predicted molar refractivity (Wildman–Crippen MR) is 114 cm³/mol. The SMILES string of the molecule is COP(=O)(OC)C(OCC=CCn1cc(C)c(=O)n(C(=O)c2ccccc2)c1=O)C(=O)O. The highest BCUT2D eigenvalue weighted by atomic mass is 31.2. The zero-order valence-corrected chi connectivity index (χ0v) is 18.6. The smallest absolute Gasteiger partial charge is 0.370 e. The average Bonchev–Trinajstić information content (AvgIpc) is 2.79. The van der Waals surface area contributed by atoms with E-state index in [9.17, 15) is 28.8 Å². The van der Waals surface area contributed by atoms with Crippen LogP contribution in [0.5, 0.6) is 0 Å². The quantitative estimate of drug-likeness (QED) is 0.407. The molecular formula is C20H23N2O9P. The minimum Gasteiger partial charge on any atom is -0.479 e. The Hall–Kier alpha value is -3.11. The Morgan fingerprint density at radius 1 is 1.12 bits per heavy atom. The van der Waals surface area contributed by atoms with Crippen LogP contribution in [0.15, 0.2) is 58.3 Å². The number of aliphatic carboxylic acids is 1. The number of allylic oxidation sites excluding steroid dienone is 1. The minimum atomic E-state index is -4.01. The number of nitrogens with zero attached hydrogens (tertiary/aromatic N) is 2. The first-order chi connectivity index (χ1) is 15.2. The summed E-state index contributed by atoms with van der Waals surface area (Å²) < 4.78 is 28.3. The summed E-state index contributed by atoms with van der Waals surface area (Å²) in [5.41, 5.74) is -1.17. The summed E-state index contributed by atoms with van der Waals surface area (Å²) in [4.78, 5) is 49.1. The molecule has 1 aromatic heterocycles. The van der Waals surface area contributed by atoms with Crippen molar-refractivity contribution in [3.63, 3.8) is 0 Å². The molecule has 11 nitrogen and oxygen atoms in total. The number of ether oxygens (including phenoxy) is 1. The molecule has 0 aliphatic rings. The number of aromatic nitrogens is 2. The zero-order chi connectivity index (χ0) is 23.9. The van der Waals surface area contributed by atoms with E-state index in [0.717, 1.165) is 18.8 Å². The lowest BCUT2D eigenvalue weighted by Crippen LogP contribution is -2.44. The molecule has 1 heterocycles. The fraction of sp³-hybridized carbons (Fsp3) is 0.300. The summed E-state index contributed by atoms with van der Waals surface area (Å²) in [6.45, 7) is 1.17. The summed E-state index contributed by atoms with van der Waals surface area (Å²) in [7, 11) is -1.92. The Morgan fingerprint density at radius 3 is 2.31 bits per heavy atom. The fourth-order valence-corrected chi connectivity index (χ4v) is 3.79. The molecule has 172 valence electrons. The molecule has 0 bridgehead atoms. The number of carbonyl (C=O) groups is 2. The van der Waals surface area contributed by atoms with E-state index in [-0.39, 0.29) is 24.3 Å². The number of hydrogen-bond donors (Lipinski definition) is 1. The van der Waals surface area contributed by atoms with Gasteiger partial charge < -0.3 is 18.9 Å². The van der Waals surface area contributed by atoms with Crippen molar-refractivity contribution in [3.05, 3.63) is 80.6 Å². The lowest BCUT2D eigenvalue weighted by Gasteiger charge is -2.20. The molecular weight excluding hydrogens is 443 g/mol. The van der Waals surface area contributed by atoms with Crippen LogP contribution in [0.3, 0.4) is 0 Å². The molecule has 0 aliphatic heterocycles. The highest BCUT2D eigenvalue weighted by Gasteiger charge is 2.41. The van der Waals surface area contributed by atoms with Crippen LogP contribution in [-0.4, -0.2) is 52.8 Å². The Kier molecular flexibility index (Phi) is 8.62. The van der Waals surface area contributed by atoms with E-state index in [1.165, 1.54) is 37.4 Å². The number of rotatable bonds is 10. The van der Waals surface area contributed by atoms with Crippen molar-refractivity contribution in [2.24, 2.45) is 0 Å². The van der Waals surface area contributed by atoms with E-state index in [1.807, 2.05) is 0 Å². The van der Waals surface area contributed by atoms with E-state index in [4.69, 9.17) is 4.74 Å². The number of hydrogen-bond acceptors (Lipinski definition) is 8. The van der Waals surface area contributed by atoms with E-state index in [2.05, 4.69) is 9.05 Å². The summed E-state index contributed by atoms with van der Waals surface area (Å²) in [6.07, 6.45) is 4.17.